The Balaban J connectivity index is 2.09. The van der Waals surface area contributed by atoms with Gasteiger partial charge in [-0.3, -0.25) is 9.59 Å². The minimum atomic E-state index is -0.892. The van der Waals surface area contributed by atoms with Crippen LogP contribution < -0.4 is 5.32 Å². The first-order valence-electron chi connectivity index (χ1n) is 7.72. The fraction of sp³-hybridized carbons (Fsp3) is 0.529. The number of nitrogens with one attached hydrogen (secondary N) is 1. The second-order valence-corrected chi connectivity index (χ2v) is 7.75. The molecule has 0 radical (unpaired) electrons. The topological polar surface area (TPSA) is 75.6 Å². The maximum Gasteiger partial charge on any atom is 0.316 e. The van der Waals surface area contributed by atoms with Crippen molar-refractivity contribution in [3.8, 4) is 0 Å². The van der Waals surface area contributed by atoms with Gasteiger partial charge in [0.2, 0.25) is 0 Å². The van der Waals surface area contributed by atoms with E-state index in [2.05, 4.69) is 5.32 Å². The Morgan fingerprint density at radius 1 is 1.39 bits per heavy atom. The van der Waals surface area contributed by atoms with E-state index < -0.39 is 11.2 Å². The number of carbonyl (C=O) groups is 2. The predicted octanol–water partition coefficient (Wildman–Crippen LogP) is 2.94. The van der Waals surface area contributed by atoms with Crippen LogP contribution in [0.1, 0.15) is 44.0 Å². The molecule has 126 valence electrons. The van der Waals surface area contributed by atoms with Crippen molar-refractivity contribution in [2.75, 3.05) is 6.61 Å². The van der Waals surface area contributed by atoms with Gasteiger partial charge in [-0.25, -0.2) is 0 Å². The Kier molecular flexibility index (Phi) is 5.70. The lowest BCUT2D eigenvalue weighted by Crippen LogP contribution is -2.45. The van der Waals surface area contributed by atoms with E-state index in [9.17, 15) is 9.59 Å². The zero-order valence-electron chi connectivity index (χ0n) is 13.7. The zero-order valence-corrected chi connectivity index (χ0v) is 14.5. The molecule has 5 nitrogen and oxygen atoms in total. The van der Waals surface area contributed by atoms with Crippen molar-refractivity contribution in [1.29, 1.82) is 0 Å². The lowest BCUT2D eigenvalue weighted by Gasteiger charge is -2.35. The van der Waals surface area contributed by atoms with E-state index in [0.717, 1.165) is 12.8 Å². The van der Waals surface area contributed by atoms with Crippen LogP contribution in [-0.4, -0.2) is 40.5 Å². The molecule has 0 saturated carbocycles. The molecule has 23 heavy (non-hydrogen) atoms. The summed E-state index contributed by atoms with van der Waals surface area (Å²) in [5.74, 6) is -1.05. The van der Waals surface area contributed by atoms with Gasteiger partial charge in [-0.1, -0.05) is 12.1 Å². The molecular formula is C17H23NO4S. The summed E-state index contributed by atoms with van der Waals surface area (Å²) < 4.78 is 5.66. The molecule has 2 unspecified atom stereocenters. The van der Waals surface area contributed by atoms with Gasteiger partial charge < -0.3 is 15.2 Å². The Labute approximate surface area is 140 Å². The van der Waals surface area contributed by atoms with Crippen LogP contribution in [0, 0.1) is 0 Å². The van der Waals surface area contributed by atoms with Gasteiger partial charge in [-0.05, 0) is 45.7 Å². The summed E-state index contributed by atoms with van der Waals surface area (Å²) in [6.45, 7) is 6.28. The number of carboxylic acids is 1. The number of hydrogen-bond donors (Lipinski definition) is 2. The fourth-order valence-electron chi connectivity index (χ4n) is 2.62. The summed E-state index contributed by atoms with van der Waals surface area (Å²) in [6, 6.07) is 7.19. The molecule has 1 aromatic carbocycles. The highest BCUT2D eigenvalue weighted by atomic mass is 32.2. The first-order chi connectivity index (χ1) is 10.8. The van der Waals surface area contributed by atoms with Crippen LogP contribution in [0.25, 0.3) is 0 Å². The number of amides is 1. The van der Waals surface area contributed by atoms with Crippen LogP contribution in [0.4, 0.5) is 0 Å². The van der Waals surface area contributed by atoms with Gasteiger partial charge in [-0.2, -0.15) is 0 Å². The molecule has 0 bridgehead atoms. The third kappa shape index (κ3) is 4.97. The predicted molar refractivity (Wildman–Crippen MR) is 89.9 cm³/mol. The molecule has 1 aliphatic rings. The fourth-order valence-corrected chi connectivity index (χ4v) is 3.54. The molecule has 2 N–H and O–H groups in total. The summed E-state index contributed by atoms with van der Waals surface area (Å²) in [6.07, 6.45) is 1.55. The van der Waals surface area contributed by atoms with E-state index in [1.807, 2.05) is 19.9 Å². The first kappa shape index (κ1) is 17.8. The minimum Gasteiger partial charge on any atom is -0.480 e. The van der Waals surface area contributed by atoms with E-state index >= 15 is 0 Å². The highest BCUT2D eigenvalue weighted by Crippen LogP contribution is 2.28. The Bertz CT molecular complexity index is 588. The first-order valence-corrected chi connectivity index (χ1v) is 8.60. The van der Waals surface area contributed by atoms with Gasteiger partial charge in [0.25, 0.3) is 5.91 Å². The van der Waals surface area contributed by atoms with Gasteiger partial charge in [0, 0.05) is 17.5 Å². The number of rotatable bonds is 5. The van der Waals surface area contributed by atoms with Crippen LogP contribution in [0.3, 0.4) is 0 Å². The van der Waals surface area contributed by atoms with Crippen molar-refractivity contribution in [2.45, 2.75) is 55.4 Å². The second kappa shape index (κ2) is 7.36. The van der Waals surface area contributed by atoms with E-state index in [1.165, 1.54) is 11.8 Å². The van der Waals surface area contributed by atoms with E-state index in [1.54, 1.807) is 25.1 Å². The van der Waals surface area contributed by atoms with E-state index in [-0.39, 0.29) is 17.6 Å². The van der Waals surface area contributed by atoms with Crippen molar-refractivity contribution in [3.63, 3.8) is 0 Å². The molecule has 1 saturated heterocycles. The average Bonchev–Trinajstić information content (AvgIpc) is 2.46. The molecule has 0 aromatic heterocycles. The highest BCUT2D eigenvalue weighted by Gasteiger charge is 2.30. The number of hydrogen-bond acceptors (Lipinski definition) is 4. The average molecular weight is 337 g/mol. The number of benzene rings is 1. The zero-order chi connectivity index (χ0) is 17.0. The quantitative estimate of drug-likeness (QED) is 0.808. The number of ether oxygens (including phenoxy) is 1. The molecule has 1 aromatic rings. The number of carbonyl (C=O) groups excluding carboxylic acids is 1. The SMILES string of the molecule is CC(Sc1ccccc1C(=O)NC1CCOC(C)(C)C1)C(=O)O. The maximum atomic E-state index is 12.6. The van der Waals surface area contributed by atoms with Gasteiger partial charge in [-0.15, -0.1) is 11.8 Å². The largest absolute Gasteiger partial charge is 0.480 e. The van der Waals surface area contributed by atoms with E-state index in [0.29, 0.717) is 17.1 Å². The van der Waals surface area contributed by atoms with Crippen LogP contribution in [0.2, 0.25) is 0 Å². The highest BCUT2D eigenvalue weighted by molar-refractivity contribution is 8.00. The van der Waals surface area contributed by atoms with Crippen molar-refractivity contribution >= 4 is 23.6 Å². The van der Waals surface area contributed by atoms with Crippen LogP contribution in [0.5, 0.6) is 0 Å². The summed E-state index contributed by atoms with van der Waals surface area (Å²) in [5.41, 5.74) is 0.289. The molecule has 2 rings (SSSR count). The van der Waals surface area contributed by atoms with Crippen molar-refractivity contribution in [2.24, 2.45) is 0 Å². The van der Waals surface area contributed by atoms with Gasteiger partial charge in [0.15, 0.2) is 0 Å². The third-order valence-electron chi connectivity index (χ3n) is 3.82. The molecule has 1 fully saturated rings. The van der Waals surface area contributed by atoms with Crippen LogP contribution in [-0.2, 0) is 9.53 Å². The molecule has 2 atom stereocenters. The Morgan fingerprint density at radius 3 is 2.74 bits per heavy atom. The lowest BCUT2D eigenvalue weighted by molar-refractivity contribution is -0.136. The molecule has 1 heterocycles. The Hall–Kier alpha value is -1.53. The van der Waals surface area contributed by atoms with Gasteiger partial charge >= 0.3 is 5.97 Å². The monoisotopic (exact) mass is 337 g/mol. The van der Waals surface area contributed by atoms with Gasteiger partial charge in [0.1, 0.15) is 5.25 Å². The molecule has 0 aliphatic carbocycles. The molecule has 0 spiro atoms. The smallest absolute Gasteiger partial charge is 0.316 e. The van der Waals surface area contributed by atoms with E-state index in [4.69, 9.17) is 9.84 Å². The third-order valence-corrected chi connectivity index (χ3v) is 4.98. The maximum absolute atomic E-state index is 12.6. The lowest BCUT2D eigenvalue weighted by atomic mass is 9.94. The van der Waals surface area contributed by atoms with Crippen molar-refractivity contribution < 1.29 is 19.4 Å². The van der Waals surface area contributed by atoms with Crippen LogP contribution >= 0.6 is 11.8 Å². The number of carboxylic acid groups (broad SMARTS) is 1. The normalized spacial score (nSPS) is 21.4. The second-order valence-electron chi connectivity index (χ2n) is 6.37. The minimum absolute atomic E-state index is 0.0706. The van der Waals surface area contributed by atoms with Crippen molar-refractivity contribution in [3.05, 3.63) is 29.8 Å². The summed E-state index contributed by atoms with van der Waals surface area (Å²) in [5, 5.41) is 11.5. The summed E-state index contributed by atoms with van der Waals surface area (Å²) >= 11 is 1.18. The molecule has 6 heteroatoms. The standard InChI is InChI=1S/C17H23NO4S/c1-11(16(20)21)23-14-7-5-4-6-13(14)15(19)18-12-8-9-22-17(2,3)10-12/h4-7,11-12H,8-10H2,1-3H3,(H,18,19)(H,20,21). The van der Waals surface area contributed by atoms with Gasteiger partial charge in [0.05, 0.1) is 11.2 Å². The molecule has 1 aliphatic heterocycles. The summed E-state index contributed by atoms with van der Waals surface area (Å²) in [7, 11) is 0. The number of thioether (sulfide) groups is 1. The molecule has 1 amide bonds. The molecular weight excluding hydrogens is 314 g/mol. The number of aliphatic carboxylic acids is 1. The van der Waals surface area contributed by atoms with Crippen molar-refractivity contribution in [1.82, 2.24) is 5.32 Å². The summed E-state index contributed by atoms with van der Waals surface area (Å²) in [4.78, 5) is 24.3. The van der Waals surface area contributed by atoms with Crippen LogP contribution in [0.15, 0.2) is 29.2 Å². The Morgan fingerprint density at radius 2 is 2.09 bits per heavy atom.